The first-order valence-electron chi connectivity index (χ1n) is 38.4. The predicted octanol–water partition coefficient (Wildman–Crippen LogP) is 2.18. The van der Waals surface area contributed by atoms with Crippen LogP contribution in [0.25, 0.3) is 11.1 Å². The summed E-state index contributed by atoms with van der Waals surface area (Å²) < 4.78 is 58.0. The second-order valence-electron chi connectivity index (χ2n) is 31.4. The Labute approximate surface area is 696 Å². The number of nitrogens with one attached hydrogen (secondary N) is 8. The molecule has 0 saturated carbocycles. The van der Waals surface area contributed by atoms with Crippen LogP contribution in [0, 0.1) is 5.92 Å². The van der Waals surface area contributed by atoms with Crippen LogP contribution in [-0.4, -0.2) is 222 Å². The van der Waals surface area contributed by atoms with Crippen molar-refractivity contribution in [2.75, 3.05) is 20.8 Å². The Balaban J connectivity index is 1.10. The number of aliphatic carboxylic acids is 1. The lowest BCUT2D eigenvalue weighted by Crippen LogP contribution is -2.65. The third kappa shape index (κ3) is 19.2. The van der Waals surface area contributed by atoms with E-state index in [0.29, 0.717) is 5.75 Å². The van der Waals surface area contributed by atoms with Crippen molar-refractivity contribution >= 4 is 70.5 Å². The van der Waals surface area contributed by atoms with Gasteiger partial charge in [0.25, 0.3) is 0 Å². The number of phenolic OH excluding ortho intramolecular Hbond substituents is 3. The van der Waals surface area contributed by atoms with E-state index in [0.717, 1.165) is 54.1 Å². The van der Waals surface area contributed by atoms with Crippen molar-refractivity contribution in [3.63, 3.8) is 0 Å². The van der Waals surface area contributed by atoms with Crippen LogP contribution in [0.3, 0.4) is 0 Å². The molecule has 0 spiro atoms. The molecule has 37 nitrogen and oxygen atoms in total. The van der Waals surface area contributed by atoms with Gasteiger partial charge in [0.05, 0.1) is 60.6 Å². The Kier molecular flexibility index (Phi) is 27.1. The van der Waals surface area contributed by atoms with Gasteiger partial charge in [0.2, 0.25) is 53.4 Å². The zero-order valence-corrected chi connectivity index (χ0v) is 67.5. The summed E-state index contributed by atoms with van der Waals surface area (Å²) in [5.74, 6) is -15.5. The fourth-order valence-corrected chi connectivity index (χ4v) is 15.9. The number of primary amides is 1. The fourth-order valence-electron chi connectivity index (χ4n) is 15.4. The molecule has 8 aliphatic rings. The molecule has 120 heavy (non-hydrogen) atoms. The maximum Gasteiger partial charge on any atom is 0.330 e. The molecule has 7 amide bonds. The molecule has 8 aliphatic heterocycles. The fraction of sp³-hybridized carbons (Fsp3) is 0.457. The highest BCUT2D eigenvalue weighted by atomic mass is 35.5. The number of benzene rings is 6. The number of aliphatic hydroxyl groups is 6. The molecule has 646 valence electrons. The quantitative estimate of drug-likeness (QED) is 0.0552. The van der Waals surface area contributed by atoms with Crippen LogP contribution in [0.4, 0.5) is 0 Å². The molecule has 3 fully saturated rings. The topological polar surface area (TPSA) is 570 Å². The van der Waals surface area contributed by atoms with Crippen LogP contribution in [-0.2, 0) is 68.6 Å². The van der Waals surface area contributed by atoms with E-state index in [-0.39, 0.29) is 59.2 Å². The number of likely N-dealkylation sites (N-methyl/N-ethyl adjacent to an activating group) is 1. The van der Waals surface area contributed by atoms with Crippen molar-refractivity contribution in [1.82, 2.24) is 42.5 Å². The van der Waals surface area contributed by atoms with Crippen molar-refractivity contribution < 1.29 is 132 Å². The van der Waals surface area contributed by atoms with Gasteiger partial charge in [0.15, 0.2) is 36.2 Å². The highest BCUT2D eigenvalue weighted by molar-refractivity contribution is 6.32. The van der Waals surface area contributed by atoms with E-state index in [1.54, 1.807) is 26.0 Å². The van der Waals surface area contributed by atoms with E-state index < -0.39 is 261 Å². The van der Waals surface area contributed by atoms with Crippen LogP contribution in [0.2, 0.25) is 10.0 Å². The van der Waals surface area contributed by atoms with Gasteiger partial charge in [-0.3, -0.25) is 33.6 Å². The number of fused-ring (bicyclic) bond motifs is 15. The van der Waals surface area contributed by atoms with Crippen molar-refractivity contribution in [3.8, 4) is 62.9 Å². The number of hydrogen-bond donors (Lipinski definition) is 20. The number of amides is 7. The first-order valence-corrected chi connectivity index (χ1v) is 39.2. The second-order valence-corrected chi connectivity index (χ2v) is 32.2. The Morgan fingerprint density at radius 2 is 1.27 bits per heavy atom. The minimum absolute atomic E-state index is 0.116. The Bertz CT molecular complexity index is 4880. The number of hydrogen-bond acceptors (Lipinski definition) is 29. The van der Waals surface area contributed by atoms with Crippen molar-refractivity contribution in [1.29, 1.82) is 0 Å². The molecule has 22 atom stereocenters. The van der Waals surface area contributed by atoms with Gasteiger partial charge in [-0.25, -0.2) is 4.79 Å². The summed E-state index contributed by atoms with van der Waals surface area (Å²) in [4.78, 5) is 121. The monoisotopic (exact) mass is 1710 g/mol. The van der Waals surface area contributed by atoms with Crippen LogP contribution in [0.5, 0.6) is 51.7 Å². The summed E-state index contributed by atoms with van der Waals surface area (Å²) in [5, 5.41) is 137. The zero-order valence-electron chi connectivity index (χ0n) is 66.0. The maximum atomic E-state index is 16.5. The van der Waals surface area contributed by atoms with Gasteiger partial charge >= 0.3 is 5.97 Å². The van der Waals surface area contributed by atoms with E-state index in [4.69, 9.17) is 77.3 Å². The molecule has 0 aromatic heterocycles. The van der Waals surface area contributed by atoms with Gasteiger partial charge in [-0.15, -0.1) is 0 Å². The zero-order chi connectivity index (χ0) is 87.0. The minimum atomic E-state index is -2.39. The van der Waals surface area contributed by atoms with Gasteiger partial charge in [-0.1, -0.05) is 67.4 Å². The number of halogens is 2. The van der Waals surface area contributed by atoms with E-state index in [9.17, 15) is 65.4 Å². The predicted molar refractivity (Wildman–Crippen MR) is 421 cm³/mol. The number of ether oxygens (including phenoxy) is 9. The number of aromatic hydroxyl groups is 3. The lowest BCUT2D eigenvalue weighted by atomic mass is 9.84. The summed E-state index contributed by atoms with van der Waals surface area (Å²) in [6.45, 7) is 9.05. The normalized spacial score (nSPS) is 30.5. The maximum absolute atomic E-state index is 16.5. The molecule has 11 bridgehead atoms. The van der Waals surface area contributed by atoms with E-state index >= 15 is 24.0 Å². The average Bonchev–Trinajstić information content (AvgIpc) is 0.764. The summed E-state index contributed by atoms with van der Waals surface area (Å²) >= 11 is 14.6. The number of carboxylic acid groups (broad SMARTS) is 1. The highest BCUT2D eigenvalue weighted by Gasteiger charge is 2.53. The van der Waals surface area contributed by atoms with E-state index in [1.165, 1.54) is 58.3 Å². The number of methoxy groups -OCH3 is 1. The summed E-state index contributed by atoms with van der Waals surface area (Å²) in [7, 11) is 2.99. The summed E-state index contributed by atoms with van der Waals surface area (Å²) in [5.41, 5.74) is 7.77. The Morgan fingerprint density at radius 1 is 0.667 bits per heavy atom. The molecule has 0 aliphatic carbocycles. The van der Waals surface area contributed by atoms with Crippen LogP contribution < -0.4 is 72.9 Å². The lowest BCUT2D eigenvalue weighted by molar-refractivity contribution is -0.334. The standard InChI is InChI=1S/C81H96Cl2N10O27/c1-32(2)19-46(86-7)72(104)92-62-64(99)37-12-17-50(44(82)21-37)115-52-23-39-24-53(68(52)120-79-69(66(101)65(100)54(31-94)117-79)119-57-29-81(6,71(103)34(4)114-57)87-30-35-9-14-41(112-8)15-10-35)116-51-18-13-38(22-45(51)83)67(118-56-28-80(5,85)70(102)33(3)113-56)63-77(109)91-61(78(110)111)43-25-40(95)26-49(97)58(43)42-20-36(11-16-48(42)96)59(74(106)93-63)90-75(107)60(39)89-73(105)47(27-55(84)98)88-76(62)108/h9-18,20-26,32-34,46-47,54,56-57,59-67,69-71,79,86-87,94-97,99-103H,19,27-31,85H2,1-8H3,(H2,84,98)(H,88,108)(H,89,105)(H,90,107)(H,91,109)(H,92,104)(H,93,106)(H,110,111)/t33-,34-,46+,47-,54+,56-,57-,59+,60+,61+,62+,63-,64+,65+,66-,67+,69+,70+,71+,79-,80-,81-/m0/s1. The number of carbonyl (C=O) groups excluding carboxylic acids is 7. The highest BCUT2D eigenvalue weighted by Crippen LogP contribution is 2.51. The second kappa shape index (κ2) is 36.6. The molecule has 6 aromatic rings. The first-order chi connectivity index (χ1) is 56.8. The van der Waals surface area contributed by atoms with Crippen LogP contribution >= 0.6 is 23.2 Å². The van der Waals surface area contributed by atoms with Gasteiger partial charge in [-0.05, 0) is 142 Å². The molecule has 3 saturated heterocycles. The van der Waals surface area contributed by atoms with E-state index in [2.05, 4.69) is 42.5 Å². The molecule has 8 heterocycles. The number of phenols is 3. The smallest absolute Gasteiger partial charge is 0.330 e. The molecular formula is C81H96Cl2N10O27. The Hall–Kier alpha value is -10.3. The third-order valence-electron chi connectivity index (χ3n) is 22.0. The van der Waals surface area contributed by atoms with Gasteiger partial charge < -0.3 is 148 Å². The number of nitrogens with two attached hydrogens (primary N) is 2. The summed E-state index contributed by atoms with van der Waals surface area (Å²) in [6, 6.07) is 6.70. The lowest BCUT2D eigenvalue weighted by Gasteiger charge is -2.48. The van der Waals surface area contributed by atoms with Crippen LogP contribution in [0.15, 0.2) is 103 Å². The first kappa shape index (κ1) is 89.0. The Morgan fingerprint density at radius 3 is 1.88 bits per heavy atom. The minimum Gasteiger partial charge on any atom is -0.508 e. The van der Waals surface area contributed by atoms with Crippen molar-refractivity contribution in [2.24, 2.45) is 17.4 Å². The van der Waals surface area contributed by atoms with Gasteiger partial charge in [-0.2, -0.15) is 0 Å². The number of carbonyl (C=O) groups is 8. The molecule has 0 unspecified atom stereocenters. The largest absolute Gasteiger partial charge is 0.508 e. The molecule has 39 heteroatoms. The van der Waals surface area contributed by atoms with Gasteiger partial charge in [0.1, 0.15) is 95.2 Å². The van der Waals surface area contributed by atoms with Crippen molar-refractivity contribution in [3.05, 3.63) is 147 Å². The number of carboxylic acids is 1. The number of rotatable bonds is 19. The van der Waals surface area contributed by atoms with Gasteiger partial charge in [0, 0.05) is 53.2 Å². The van der Waals surface area contributed by atoms with Crippen molar-refractivity contribution in [2.45, 2.75) is 207 Å². The number of aliphatic hydroxyl groups excluding tert-OH is 6. The third-order valence-corrected chi connectivity index (χ3v) is 22.5. The average molecular weight is 1710 g/mol. The molecule has 6 aromatic carbocycles. The SMILES string of the molecule is CN[C@H](CC(C)C)C(=O)N[C@H]1C(=O)N[C@@H](CC(N)=O)C(=O)N[C@H]2C(=O)N[C@H]3C(=O)N[C@H](C(=O)N[C@@H](C(=O)O)c4cc(O)cc(O)c4-c4cc3ccc4O)[C@H](O[C@H]3C[C@](C)(N)[C@H](O)[C@H](C)O3)c3ccc(c(Cl)c3)Oc3cc2cc(c3O[C@@H]2O[C@H](CO)[C@@H](O)[C@H](O)[C@H]2O[C@H]2C[C@](C)(NCc3ccc(OC)cc3)[C@H](O)[C@H](C)O2)Oc2ccc(cc2Cl)[C@H]1O. The molecular weight excluding hydrogens is 1620 g/mol. The summed E-state index contributed by atoms with van der Waals surface area (Å²) in [6.07, 6.45) is -22.8. The molecule has 22 N–H and O–H groups in total. The molecule has 0 radical (unpaired) electrons. The van der Waals surface area contributed by atoms with E-state index in [1.807, 2.05) is 26.0 Å². The molecule has 14 rings (SSSR count). The van der Waals surface area contributed by atoms with Crippen LogP contribution in [0.1, 0.15) is 131 Å².